The molecule has 2 aromatic heterocycles. The van der Waals surface area contributed by atoms with Crippen molar-refractivity contribution in [3.63, 3.8) is 0 Å². The van der Waals surface area contributed by atoms with Crippen LogP contribution in [0.2, 0.25) is 0 Å². The normalized spacial score (nSPS) is 13.3. The Morgan fingerprint density at radius 2 is 1.86 bits per heavy atom. The van der Waals surface area contributed by atoms with E-state index in [-0.39, 0.29) is 10.6 Å². The number of nitrogens with two attached hydrogens (primary N) is 1. The van der Waals surface area contributed by atoms with Crippen LogP contribution in [0.3, 0.4) is 0 Å². The molecule has 1 aliphatic rings. The van der Waals surface area contributed by atoms with E-state index in [1.165, 1.54) is 28.8 Å². The number of benzene rings is 2. The monoisotopic (exact) mass is 504 g/mol. The summed E-state index contributed by atoms with van der Waals surface area (Å²) in [5.41, 5.74) is 3.87. The number of carbonyl (C=O) groups is 1. The highest BCUT2D eigenvalue weighted by atomic mass is 32.2. The van der Waals surface area contributed by atoms with E-state index < -0.39 is 16.0 Å². The fourth-order valence-electron chi connectivity index (χ4n) is 3.57. The Labute approximate surface area is 206 Å². The summed E-state index contributed by atoms with van der Waals surface area (Å²) >= 11 is 1.18. The standard InChI is InChI=1S/C25H20N4O4S2/c26-35(32,33)19-11-8-17(9-12-19)14-20-22(13-10-16-6-7-16)29(25-27-21(15-34-25)24(30)31)28-23(20)18-4-2-1-3-5-18/h1-5,8-9,11-12,15-16H,6-7,14H2,(H,30,31)(H2,26,32,33). The predicted octanol–water partition coefficient (Wildman–Crippen LogP) is 3.69. The van der Waals surface area contributed by atoms with Crippen LogP contribution >= 0.6 is 11.3 Å². The van der Waals surface area contributed by atoms with Crippen molar-refractivity contribution in [3.05, 3.63) is 82.5 Å². The molecule has 176 valence electrons. The zero-order chi connectivity index (χ0) is 24.6. The van der Waals surface area contributed by atoms with E-state index in [2.05, 4.69) is 16.8 Å². The number of thiazole rings is 1. The van der Waals surface area contributed by atoms with Gasteiger partial charge in [-0.3, -0.25) is 0 Å². The Hall–Kier alpha value is -3.78. The minimum absolute atomic E-state index is 0.0398. The van der Waals surface area contributed by atoms with Crippen molar-refractivity contribution in [2.24, 2.45) is 11.1 Å². The number of aromatic carboxylic acids is 1. The van der Waals surface area contributed by atoms with Gasteiger partial charge in [-0.05, 0) is 36.5 Å². The maximum Gasteiger partial charge on any atom is 0.355 e. The van der Waals surface area contributed by atoms with Crippen LogP contribution in [0.1, 0.15) is 40.2 Å². The van der Waals surface area contributed by atoms with E-state index in [0.29, 0.717) is 28.9 Å². The fourth-order valence-corrected chi connectivity index (χ4v) is 4.84. The van der Waals surface area contributed by atoms with Crippen molar-refractivity contribution in [3.8, 4) is 28.2 Å². The lowest BCUT2D eigenvalue weighted by Crippen LogP contribution is -2.11. The molecule has 1 aliphatic carbocycles. The minimum atomic E-state index is -3.79. The highest BCUT2D eigenvalue weighted by Crippen LogP contribution is 2.32. The molecule has 35 heavy (non-hydrogen) atoms. The first-order valence-corrected chi connectivity index (χ1v) is 13.2. The molecule has 8 nitrogen and oxygen atoms in total. The second-order valence-electron chi connectivity index (χ2n) is 8.18. The number of nitrogens with zero attached hydrogens (tertiary/aromatic N) is 3. The maximum atomic E-state index is 11.7. The molecule has 1 fully saturated rings. The summed E-state index contributed by atoms with van der Waals surface area (Å²) in [6, 6.07) is 16.0. The summed E-state index contributed by atoms with van der Waals surface area (Å²) in [5.74, 6) is 5.80. The smallest absolute Gasteiger partial charge is 0.355 e. The molecule has 5 rings (SSSR count). The molecule has 0 radical (unpaired) electrons. The third-order valence-corrected chi connectivity index (χ3v) is 7.27. The minimum Gasteiger partial charge on any atom is -0.476 e. The highest BCUT2D eigenvalue weighted by molar-refractivity contribution is 7.89. The van der Waals surface area contributed by atoms with Crippen LogP contribution in [0, 0.1) is 17.8 Å². The first kappa shape index (κ1) is 23.0. The van der Waals surface area contributed by atoms with Crippen LogP contribution in [-0.2, 0) is 16.4 Å². The van der Waals surface area contributed by atoms with Gasteiger partial charge in [0, 0.05) is 28.8 Å². The van der Waals surface area contributed by atoms with Gasteiger partial charge in [0.15, 0.2) is 5.69 Å². The van der Waals surface area contributed by atoms with Crippen molar-refractivity contribution < 1.29 is 18.3 Å². The molecule has 1 saturated carbocycles. The lowest BCUT2D eigenvalue weighted by atomic mass is 9.99. The lowest BCUT2D eigenvalue weighted by Gasteiger charge is -2.06. The van der Waals surface area contributed by atoms with E-state index in [9.17, 15) is 18.3 Å². The van der Waals surface area contributed by atoms with Gasteiger partial charge in [-0.1, -0.05) is 48.4 Å². The SMILES string of the molecule is NS(=O)(=O)c1ccc(Cc2c(-c3ccccc3)nn(-c3nc(C(=O)O)cs3)c2C#CC2CC2)cc1. The Balaban J connectivity index is 1.67. The Morgan fingerprint density at radius 1 is 1.14 bits per heavy atom. The average molecular weight is 505 g/mol. The number of sulfonamides is 1. The molecule has 0 unspecified atom stereocenters. The number of primary sulfonamides is 1. The molecule has 0 aliphatic heterocycles. The van der Waals surface area contributed by atoms with Crippen LogP contribution in [-0.4, -0.2) is 34.3 Å². The number of hydrogen-bond acceptors (Lipinski definition) is 6. The second kappa shape index (κ2) is 9.11. The number of carboxylic acids is 1. The molecule has 0 bridgehead atoms. The number of aromatic nitrogens is 3. The van der Waals surface area contributed by atoms with E-state index in [1.54, 1.807) is 16.8 Å². The lowest BCUT2D eigenvalue weighted by molar-refractivity contribution is 0.0691. The first-order chi connectivity index (χ1) is 16.8. The quantitative estimate of drug-likeness (QED) is 0.386. The van der Waals surface area contributed by atoms with Crippen molar-refractivity contribution in [1.29, 1.82) is 0 Å². The van der Waals surface area contributed by atoms with Crippen LogP contribution in [0.25, 0.3) is 16.4 Å². The molecule has 0 saturated heterocycles. The van der Waals surface area contributed by atoms with E-state index >= 15 is 0 Å². The number of rotatable bonds is 6. The van der Waals surface area contributed by atoms with Crippen LogP contribution in [0.5, 0.6) is 0 Å². The second-order valence-corrected chi connectivity index (χ2v) is 10.6. The van der Waals surface area contributed by atoms with Gasteiger partial charge >= 0.3 is 5.97 Å². The van der Waals surface area contributed by atoms with Crippen LogP contribution < -0.4 is 5.14 Å². The molecule has 4 aromatic rings. The van der Waals surface area contributed by atoms with Gasteiger partial charge in [0.05, 0.1) is 10.6 Å². The number of carboxylic acid groups (broad SMARTS) is 1. The molecule has 0 atom stereocenters. The first-order valence-electron chi connectivity index (χ1n) is 10.8. The van der Waals surface area contributed by atoms with Crippen molar-refractivity contribution in [2.45, 2.75) is 24.2 Å². The zero-order valence-corrected chi connectivity index (χ0v) is 20.0. The Kier molecular flexibility index (Phi) is 5.98. The molecule has 2 aromatic carbocycles. The third kappa shape index (κ3) is 5.02. The van der Waals surface area contributed by atoms with Gasteiger partial charge in [0.1, 0.15) is 5.69 Å². The third-order valence-electron chi connectivity index (χ3n) is 5.53. The van der Waals surface area contributed by atoms with Gasteiger partial charge in [-0.2, -0.15) is 9.78 Å². The maximum absolute atomic E-state index is 11.7. The molecular weight excluding hydrogens is 484 g/mol. The van der Waals surface area contributed by atoms with Gasteiger partial charge in [0.2, 0.25) is 15.2 Å². The van der Waals surface area contributed by atoms with E-state index in [4.69, 9.17) is 10.2 Å². The molecule has 10 heteroatoms. The van der Waals surface area contributed by atoms with Gasteiger partial charge < -0.3 is 5.11 Å². The summed E-state index contributed by atoms with van der Waals surface area (Å²) in [4.78, 5) is 15.7. The predicted molar refractivity (Wildman–Crippen MR) is 132 cm³/mol. The topological polar surface area (TPSA) is 128 Å². The zero-order valence-electron chi connectivity index (χ0n) is 18.4. The average Bonchev–Trinajstić information content (AvgIpc) is 3.41. The molecule has 0 amide bonds. The molecule has 0 spiro atoms. The van der Waals surface area contributed by atoms with Gasteiger partial charge in [-0.15, -0.1) is 11.3 Å². The number of hydrogen-bond donors (Lipinski definition) is 2. The summed E-state index contributed by atoms with van der Waals surface area (Å²) in [5, 5.41) is 21.3. The summed E-state index contributed by atoms with van der Waals surface area (Å²) in [7, 11) is -3.79. The molecule has 3 N–H and O–H groups in total. The van der Waals surface area contributed by atoms with Gasteiger partial charge in [0.25, 0.3) is 0 Å². The van der Waals surface area contributed by atoms with E-state index in [0.717, 1.165) is 29.5 Å². The van der Waals surface area contributed by atoms with E-state index in [1.807, 2.05) is 30.3 Å². The highest BCUT2D eigenvalue weighted by Gasteiger charge is 2.23. The van der Waals surface area contributed by atoms with Crippen molar-refractivity contribution >= 4 is 27.3 Å². The molecular formula is C25H20N4O4S2. The van der Waals surface area contributed by atoms with Crippen molar-refractivity contribution in [1.82, 2.24) is 14.8 Å². The summed E-state index contributed by atoms with van der Waals surface area (Å²) in [6.07, 6.45) is 2.54. The van der Waals surface area contributed by atoms with Crippen LogP contribution in [0.15, 0.2) is 64.9 Å². The van der Waals surface area contributed by atoms with Crippen molar-refractivity contribution in [2.75, 3.05) is 0 Å². The Bertz CT molecular complexity index is 1570. The van der Waals surface area contributed by atoms with Crippen LogP contribution in [0.4, 0.5) is 0 Å². The summed E-state index contributed by atoms with van der Waals surface area (Å²) in [6.45, 7) is 0. The fraction of sp³-hybridized carbons (Fsp3) is 0.160. The Morgan fingerprint density at radius 3 is 2.46 bits per heavy atom. The largest absolute Gasteiger partial charge is 0.476 e. The van der Waals surface area contributed by atoms with Gasteiger partial charge in [-0.25, -0.2) is 23.3 Å². The molecule has 2 heterocycles. The summed E-state index contributed by atoms with van der Waals surface area (Å²) < 4.78 is 24.9.